The number of hydrogen-bond donors (Lipinski definition) is 1. The molecule has 1 aliphatic heterocycles. The number of nitrogens with one attached hydrogen (secondary N) is 1. The van der Waals surface area contributed by atoms with Gasteiger partial charge in [-0.2, -0.15) is 0 Å². The molecule has 0 unspecified atom stereocenters. The lowest BCUT2D eigenvalue weighted by Crippen LogP contribution is -2.51. The second-order valence-electron chi connectivity index (χ2n) is 7.99. The van der Waals surface area contributed by atoms with Crippen LogP contribution in [0.2, 0.25) is 0 Å². The van der Waals surface area contributed by atoms with E-state index >= 15 is 0 Å². The van der Waals surface area contributed by atoms with Crippen LogP contribution in [0.15, 0.2) is 42.5 Å². The number of hydrogen-bond acceptors (Lipinski definition) is 6. The Bertz CT molecular complexity index is 1020. The lowest BCUT2D eigenvalue weighted by atomic mass is 10.1. The Morgan fingerprint density at radius 3 is 2.22 bits per heavy atom. The zero-order chi connectivity index (χ0) is 23.1. The van der Waals surface area contributed by atoms with Crippen molar-refractivity contribution in [3.63, 3.8) is 0 Å². The average Bonchev–Trinajstić information content (AvgIpc) is 2.78. The van der Waals surface area contributed by atoms with E-state index in [-0.39, 0.29) is 11.8 Å². The van der Waals surface area contributed by atoms with Crippen molar-refractivity contribution in [1.29, 1.82) is 0 Å². The number of piperazine rings is 1. The van der Waals surface area contributed by atoms with Gasteiger partial charge in [-0.15, -0.1) is 0 Å². The fraction of sp³-hybridized carbons (Fsp3) is 0.435. The zero-order valence-electron chi connectivity index (χ0n) is 18.8. The van der Waals surface area contributed by atoms with Crippen LogP contribution in [0, 0.1) is 0 Å². The Hall–Kier alpha value is -2.78. The van der Waals surface area contributed by atoms with E-state index in [4.69, 9.17) is 9.47 Å². The summed E-state index contributed by atoms with van der Waals surface area (Å²) in [5.74, 6) is 1.64. The molecule has 1 N–H and O–H groups in total. The Balaban J connectivity index is 1.46. The number of ether oxygens (including phenoxy) is 2. The Morgan fingerprint density at radius 1 is 0.969 bits per heavy atom. The highest BCUT2D eigenvalue weighted by Gasteiger charge is 2.22. The van der Waals surface area contributed by atoms with Crippen molar-refractivity contribution in [2.24, 2.45) is 0 Å². The molecule has 0 radical (unpaired) electrons. The number of rotatable bonds is 8. The quantitative estimate of drug-likeness (QED) is 0.649. The Kier molecular flexibility index (Phi) is 7.98. The van der Waals surface area contributed by atoms with Gasteiger partial charge in [0.15, 0.2) is 9.84 Å². The van der Waals surface area contributed by atoms with Crippen LogP contribution in [0.25, 0.3) is 0 Å². The maximum absolute atomic E-state index is 12.6. The highest BCUT2D eigenvalue weighted by Crippen LogP contribution is 2.25. The summed E-state index contributed by atoms with van der Waals surface area (Å²) in [4.78, 5) is 16.7. The SMILES string of the molecule is COc1ccc(OC)c(CN2CCN(C(=O)NCc3ccc(CS(C)(=O)=O)cc3)CC2)c1. The number of amides is 2. The number of benzene rings is 2. The lowest BCUT2D eigenvalue weighted by Gasteiger charge is -2.35. The van der Waals surface area contributed by atoms with Gasteiger partial charge in [-0.05, 0) is 29.3 Å². The van der Waals surface area contributed by atoms with E-state index in [1.54, 1.807) is 26.4 Å². The molecule has 174 valence electrons. The molecule has 0 spiro atoms. The summed E-state index contributed by atoms with van der Waals surface area (Å²) in [7, 11) is 0.249. The first-order chi connectivity index (χ1) is 15.3. The predicted octanol–water partition coefficient (Wildman–Crippen LogP) is 2.28. The van der Waals surface area contributed by atoms with Gasteiger partial charge >= 0.3 is 6.03 Å². The summed E-state index contributed by atoms with van der Waals surface area (Å²) in [5.41, 5.74) is 2.73. The summed E-state index contributed by atoms with van der Waals surface area (Å²) in [6.07, 6.45) is 1.22. The van der Waals surface area contributed by atoms with Crippen molar-refractivity contribution in [3.8, 4) is 11.5 Å². The third-order valence-electron chi connectivity index (χ3n) is 5.44. The highest BCUT2D eigenvalue weighted by atomic mass is 32.2. The van der Waals surface area contributed by atoms with Crippen molar-refractivity contribution in [3.05, 3.63) is 59.2 Å². The van der Waals surface area contributed by atoms with Crippen molar-refractivity contribution in [1.82, 2.24) is 15.1 Å². The molecule has 2 aromatic rings. The number of urea groups is 1. The van der Waals surface area contributed by atoms with Crippen LogP contribution in [0.4, 0.5) is 4.79 Å². The summed E-state index contributed by atoms with van der Waals surface area (Å²) in [6.45, 7) is 3.97. The Labute approximate surface area is 190 Å². The molecule has 1 saturated heterocycles. The number of methoxy groups -OCH3 is 2. The molecule has 1 heterocycles. The number of sulfone groups is 1. The second-order valence-corrected chi connectivity index (χ2v) is 10.1. The van der Waals surface area contributed by atoms with Gasteiger partial charge in [0.2, 0.25) is 0 Å². The van der Waals surface area contributed by atoms with Crippen LogP contribution >= 0.6 is 0 Å². The maximum Gasteiger partial charge on any atom is 0.317 e. The van der Waals surface area contributed by atoms with Crippen LogP contribution in [-0.4, -0.2) is 70.9 Å². The number of carbonyl (C=O) groups excluding carboxylic acids is 1. The molecule has 0 atom stereocenters. The third kappa shape index (κ3) is 6.86. The van der Waals surface area contributed by atoms with Crippen LogP contribution in [0.5, 0.6) is 11.5 Å². The van der Waals surface area contributed by atoms with Gasteiger partial charge in [-0.25, -0.2) is 13.2 Å². The van der Waals surface area contributed by atoms with Crippen molar-refractivity contribution >= 4 is 15.9 Å². The van der Waals surface area contributed by atoms with Crippen LogP contribution in [0.1, 0.15) is 16.7 Å². The largest absolute Gasteiger partial charge is 0.497 e. The third-order valence-corrected chi connectivity index (χ3v) is 6.29. The van der Waals surface area contributed by atoms with Crippen molar-refractivity contribution < 1.29 is 22.7 Å². The van der Waals surface area contributed by atoms with Gasteiger partial charge in [-0.3, -0.25) is 4.90 Å². The summed E-state index contributed by atoms with van der Waals surface area (Å²) in [5, 5.41) is 2.95. The summed E-state index contributed by atoms with van der Waals surface area (Å²) >= 11 is 0. The minimum Gasteiger partial charge on any atom is -0.497 e. The molecule has 0 aromatic heterocycles. The van der Waals surface area contributed by atoms with E-state index in [2.05, 4.69) is 10.2 Å². The molecule has 9 heteroatoms. The topological polar surface area (TPSA) is 88.2 Å². The number of carbonyl (C=O) groups is 1. The molecule has 3 rings (SSSR count). The number of nitrogens with zero attached hydrogens (tertiary/aromatic N) is 2. The molecule has 1 fully saturated rings. The van der Waals surface area contributed by atoms with Gasteiger partial charge in [-0.1, -0.05) is 24.3 Å². The molecular weight excluding hydrogens is 430 g/mol. The minimum absolute atomic E-state index is 0.0194. The van der Waals surface area contributed by atoms with E-state index in [0.717, 1.165) is 47.8 Å². The van der Waals surface area contributed by atoms with Gasteiger partial charge in [0.05, 0.1) is 20.0 Å². The molecule has 0 bridgehead atoms. The molecule has 0 saturated carbocycles. The second kappa shape index (κ2) is 10.7. The average molecular weight is 462 g/mol. The van der Waals surface area contributed by atoms with Crippen LogP contribution in [-0.2, 0) is 28.7 Å². The van der Waals surface area contributed by atoms with Crippen LogP contribution in [0.3, 0.4) is 0 Å². The smallest absolute Gasteiger partial charge is 0.317 e. The standard InChI is InChI=1S/C23H31N3O5S/c1-30-21-8-9-22(31-2)20(14-21)16-25-10-12-26(13-11-25)23(27)24-15-18-4-6-19(7-5-18)17-32(3,28)29/h4-9,14H,10-13,15-17H2,1-3H3,(H,24,27). The molecule has 8 nitrogen and oxygen atoms in total. The van der Waals surface area contributed by atoms with Crippen molar-refractivity contribution in [2.45, 2.75) is 18.8 Å². The summed E-state index contributed by atoms with van der Waals surface area (Å²) < 4.78 is 33.6. The van der Waals surface area contributed by atoms with E-state index in [1.807, 2.05) is 35.2 Å². The van der Waals surface area contributed by atoms with Crippen molar-refractivity contribution in [2.75, 3.05) is 46.7 Å². The van der Waals surface area contributed by atoms with E-state index < -0.39 is 9.84 Å². The lowest BCUT2D eigenvalue weighted by molar-refractivity contribution is 0.134. The zero-order valence-corrected chi connectivity index (χ0v) is 19.7. The first-order valence-electron chi connectivity index (χ1n) is 10.5. The molecule has 1 aliphatic rings. The monoisotopic (exact) mass is 461 g/mol. The normalized spacial score (nSPS) is 14.8. The highest BCUT2D eigenvalue weighted by molar-refractivity contribution is 7.89. The fourth-order valence-electron chi connectivity index (χ4n) is 3.70. The predicted molar refractivity (Wildman–Crippen MR) is 124 cm³/mol. The molecule has 0 aliphatic carbocycles. The van der Waals surface area contributed by atoms with Gasteiger partial charge in [0, 0.05) is 51.1 Å². The molecular formula is C23H31N3O5S. The Morgan fingerprint density at radius 2 is 1.62 bits per heavy atom. The van der Waals surface area contributed by atoms with Gasteiger partial charge in [0.1, 0.15) is 11.5 Å². The molecule has 2 amide bonds. The molecule has 32 heavy (non-hydrogen) atoms. The van der Waals surface area contributed by atoms with E-state index in [1.165, 1.54) is 6.26 Å². The molecule has 2 aromatic carbocycles. The summed E-state index contributed by atoms with van der Waals surface area (Å²) in [6, 6.07) is 12.9. The first-order valence-corrected chi connectivity index (χ1v) is 12.5. The fourth-order valence-corrected chi connectivity index (χ4v) is 4.50. The maximum atomic E-state index is 12.6. The minimum atomic E-state index is -3.06. The van der Waals surface area contributed by atoms with E-state index in [9.17, 15) is 13.2 Å². The van der Waals surface area contributed by atoms with Gasteiger partial charge < -0.3 is 19.7 Å². The first kappa shape index (κ1) is 23.9. The van der Waals surface area contributed by atoms with Gasteiger partial charge in [0.25, 0.3) is 0 Å². The van der Waals surface area contributed by atoms with Crippen LogP contribution < -0.4 is 14.8 Å². The van der Waals surface area contributed by atoms with E-state index in [0.29, 0.717) is 19.6 Å².